The highest BCUT2D eigenvalue weighted by atomic mass is 28.3. The number of hydroxylamine groups is 4. The molecule has 13 nitrogen and oxygen atoms in total. The second-order valence-electron chi connectivity index (χ2n) is 20.6. The van der Waals surface area contributed by atoms with Crippen LogP contribution in [0.2, 0.25) is 25.7 Å². The monoisotopic (exact) mass is 946 g/mol. The van der Waals surface area contributed by atoms with Crippen molar-refractivity contribution in [2.75, 3.05) is 53.7 Å². The smallest absolute Gasteiger partial charge is 0.296 e. The van der Waals surface area contributed by atoms with E-state index in [1.54, 1.807) is 24.5 Å². The Kier molecular flexibility index (Phi) is 14.2. The first kappa shape index (κ1) is 47.7. The van der Waals surface area contributed by atoms with Gasteiger partial charge in [-0.25, -0.2) is 33.7 Å². The Morgan fingerprint density at radius 2 is 1.18 bits per heavy atom. The molecule has 0 saturated heterocycles. The normalized spacial score (nSPS) is 16.3. The van der Waals surface area contributed by atoms with E-state index in [0.29, 0.717) is 50.5 Å². The van der Waals surface area contributed by atoms with E-state index in [0.717, 1.165) is 98.7 Å². The molecule has 16 heteroatoms. The van der Waals surface area contributed by atoms with E-state index >= 15 is 0 Å². The molecule has 0 radical (unpaired) electrons. The molecule has 2 fully saturated rings. The molecule has 360 valence electrons. The molecule has 68 heavy (non-hydrogen) atoms. The Hall–Kier alpha value is -5.36. The maximum Gasteiger partial charge on any atom is 0.296 e. The van der Waals surface area contributed by atoms with Crippen LogP contribution in [0.25, 0.3) is 21.8 Å². The van der Waals surface area contributed by atoms with Crippen LogP contribution in [0.15, 0.2) is 73.3 Å². The predicted octanol–water partition coefficient (Wildman–Crippen LogP) is 8.76. The van der Waals surface area contributed by atoms with Crippen LogP contribution in [0.1, 0.15) is 80.0 Å². The molecule has 2 aliphatic heterocycles. The highest BCUT2D eigenvalue weighted by Crippen LogP contribution is 2.35. The van der Waals surface area contributed by atoms with Crippen LogP contribution < -0.4 is 0 Å². The number of carbonyl (C=O) groups is 2. The van der Waals surface area contributed by atoms with Crippen LogP contribution in [0.4, 0.5) is 8.78 Å². The van der Waals surface area contributed by atoms with E-state index in [-0.39, 0.29) is 30.9 Å². The van der Waals surface area contributed by atoms with Crippen molar-refractivity contribution in [1.29, 1.82) is 0 Å². The minimum atomic E-state index is -1.18. The van der Waals surface area contributed by atoms with Crippen molar-refractivity contribution in [3.63, 3.8) is 0 Å². The van der Waals surface area contributed by atoms with Gasteiger partial charge in [0, 0.05) is 77.1 Å². The summed E-state index contributed by atoms with van der Waals surface area (Å²) in [6.07, 6.45) is 14.3. The fourth-order valence-electron chi connectivity index (χ4n) is 9.54. The van der Waals surface area contributed by atoms with Crippen LogP contribution in [0.3, 0.4) is 0 Å². The summed E-state index contributed by atoms with van der Waals surface area (Å²) in [5.74, 6) is 0.440. The predicted molar refractivity (Wildman–Crippen MR) is 260 cm³/mol. The van der Waals surface area contributed by atoms with Crippen LogP contribution in [0.5, 0.6) is 0 Å². The van der Waals surface area contributed by atoms with Gasteiger partial charge in [-0.3, -0.25) is 14.8 Å². The lowest BCUT2D eigenvalue weighted by Gasteiger charge is -2.27. The Morgan fingerprint density at radius 3 is 1.65 bits per heavy atom. The molecule has 2 aliphatic carbocycles. The number of ether oxygens (including phenoxy) is 1. The first-order valence-electron chi connectivity index (χ1n) is 24.1. The van der Waals surface area contributed by atoms with Gasteiger partial charge >= 0.3 is 0 Å². The molecule has 2 amide bonds. The van der Waals surface area contributed by atoms with Gasteiger partial charge in [-0.15, -0.1) is 0 Å². The van der Waals surface area contributed by atoms with Gasteiger partial charge < -0.3 is 23.7 Å². The molecule has 2 saturated carbocycles. The van der Waals surface area contributed by atoms with E-state index in [1.807, 2.05) is 12.1 Å². The molecule has 4 aromatic heterocycles. The lowest BCUT2D eigenvalue weighted by Crippen LogP contribution is -2.39. The van der Waals surface area contributed by atoms with Crippen molar-refractivity contribution < 1.29 is 33.2 Å². The zero-order valence-corrected chi connectivity index (χ0v) is 41.0. The highest BCUT2D eigenvalue weighted by Gasteiger charge is 2.32. The van der Waals surface area contributed by atoms with Gasteiger partial charge in [0.15, 0.2) is 6.79 Å². The minimum Gasteiger partial charge on any atom is -0.353 e. The fourth-order valence-corrected chi connectivity index (χ4v) is 10.3. The molecule has 2 aromatic carbocycles. The maximum atomic E-state index is 13.5. The van der Waals surface area contributed by atoms with Gasteiger partial charge in [0.25, 0.3) is 11.8 Å². The summed E-state index contributed by atoms with van der Waals surface area (Å²) in [5.41, 5.74) is 9.03. The highest BCUT2D eigenvalue weighted by molar-refractivity contribution is 6.76. The number of hydrogen-bond acceptors (Lipinski definition) is 9. The van der Waals surface area contributed by atoms with Crippen molar-refractivity contribution in [3.8, 4) is 0 Å². The Bertz CT molecular complexity index is 2770. The van der Waals surface area contributed by atoms with Crippen molar-refractivity contribution in [2.45, 2.75) is 90.4 Å². The fraction of sp³-hybridized carbons (Fsp3) is 0.462. The first-order chi connectivity index (χ1) is 32.7. The average Bonchev–Trinajstić information content (AvgIpc) is 4.24. The Balaban J connectivity index is 0.000000174. The molecule has 4 aliphatic rings. The molecule has 0 unspecified atom stereocenters. The quantitative estimate of drug-likeness (QED) is 0.0390. The van der Waals surface area contributed by atoms with Crippen molar-refractivity contribution in [2.24, 2.45) is 11.8 Å². The van der Waals surface area contributed by atoms with Crippen LogP contribution >= 0.6 is 0 Å². The van der Waals surface area contributed by atoms with Gasteiger partial charge in [0.2, 0.25) is 0 Å². The summed E-state index contributed by atoms with van der Waals surface area (Å²) < 4.78 is 36.8. The van der Waals surface area contributed by atoms with Crippen molar-refractivity contribution >= 4 is 41.7 Å². The Labute approximate surface area is 398 Å². The van der Waals surface area contributed by atoms with E-state index in [9.17, 15) is 23.6 Å². The maximum absolute atomic E-state index is 13.5. The summed E-state index contributed by atoms with van der Waals surface area (Å²) in [4.78, 5) is 45.2. The van der Waals surface area contributed by atoms with Crippen molar-refractivity contribution in [3.05, 3.63) is 130 Å². The van der Waals surface area contributed by atoms with Crippen LogP contribution in [-0.4, -0.2) is 118 Å². The van der Waals surface area contributed by atoms with Gasteiger partial charge in [-0.1, -0.05) is 43.9 Å². The second kappa shape index (κ2) is 20.3. The molecule has 0 bridgehead atoms. The molecule has 0 spiro atoms. The lowest BCUT2D eigenvalue weighted by atomic mass is 9.99. The van der Waals surface area contributed by atoms with Crippen molar-refractivity contribution in [1.82, 2.24) is 39.0 Å². The van der Waals surface area contributed by atoms with Crippen LogP contribution in [0, 0.1) is 23.5 Å². The zero-order valence-electron chi connectivity index (χ0n) is 40.0. The van der Waals surface area contributed by atoms with Gasteiger partial charge in [0.05, 0.1) is 36.5 Å². The number of amides is 2. The third kappa shape index (κ3) is 11.4. The molecular formula is C52H64F2N8O5Si. The SMILES string of the molecule is CN(Cc1cn(Cc2ccc(F)cc2)c2cnc3c(c12)CCN(O)C3=O)CC1CC1.CN(Cc1cn(Cc2ccc(F)cc2)c2cnc3c(c12)CCN(OCOCC[Si](C)(C)C)C3=O)CC1CC1. The lowest BCUT2D eigenvalue weighted by molar-refractivity contribution is -0.195. The topological polar surface area (TPSA) is 121 Å². The number of fused-ring (bicyclic) bond motifs is 6. The number of aromatic nitrogens is 4. The summed E-state index contributed by atoms with van der Waals surface area (Å²) in [7, 11) is 3.12. The number of rotatable bonds is 18. The van der Waals surface area contributed by atoms with E-state index in [1.165, 1.54) is 60.6 Å². The zero-order chi connectivity index (χ0) is 47.7. The molecule has 6 heterocycles. The van der Waals surface area contributed by atoms with E-state index < -0.39 is 14.0 Å². The van der Waals surface area contributed by atoms with Gasteiger partial charge in [-0.05, 0) is 128 Å². The number of benzene rings is 2. The number of carbonyl (C=O) groups excluding carboxylic acids is 2. The second-order valence-corrected chi connectivity index (χ2v) is 26.2. The summed E-state index contributed by atoms with van der Waals surface area (Å²) in [6.45, 7) is 13.3. The summed E-state index contributed by atoms with van der Waals surface area (Å²) in [5, 5.41) is 14.1. The number of hydrogen-bond donors (Lipinski definition) is 1. The Morgan fingerprint density at radius 1 is 0.706 bits per heavy atom. The number of pyridine rings is 2. The average molecular weight is 947 g/mol. The van der Waals surface area contributed by atoms with E-state index in [4.69, 9.17) is 9.57 Å². The van der Waals surface area contributed by atoms with Gasteiger partial charge in [-0.2, -0.15) is 0 Å². The standard InChI is InChI=1S/C29H39FN4O3Si.C23H25FN4O2/c1-32(16-21-5-6-21)18-23-19-33(17-22-7-9-24(30)10-8-22)26-15-31-28-25(27(23)26)11-12-34(29(28)35)37-20-36-13-14-38(2,3)4;1-26(11-15-2-3-15)13-17-14-27(12-16-4-6-18(24)7-5-16)20-10-25-22-19(21(17)20)8-9-28(30)23(22)29/h7-10,15,19,21H,5-6,11-14,16-18,20H2,1-4H3;4-7,10,14-15,30H,2-3,8-9,11-13H2,1H3. The molecule has 1 N–H and O–H groups in total. The summed E-state index contributed by atoms with van der Waals surface area (Å²) in [6, 6.07) is 14.2. The van der Waals surface area contributed by atoms with Crippen LogP contribution in [-0.2, 0) is 48.6 Å². The number of nitrogens with zero attached hydrogens (tertiary/aromatic N) is 8. The third-order valence-electron chi connectivity index (χ3n) is 13.4. The number of halogens is 2. The largest absolute Gasteiger partial charge is 0.353 e. The molecule has 10 rings (SSSR count). The molecule has 0 atom stereocenters. The minimum absolute atomic E-state index is 0.0685. The molecular weight excluding hydrogens is 883 g/mol. The van der Waals surface area contributed by atoms with E-state index in [2.05, 4.69) is 75.0 Å². The summed E-state index contributed by atoms with van der Waals surface area (Å²) >= 11 is 0. The van der Waals surface area contributed by atoms with Gasteiger partial charge in [0.1, 0.15) is 23.0 Å². The third-order valence-corrected chi connectivity index (χ3v) is 15.1. The first-order valence-corrected chi connectivity index (χ1v) is 27.8. The molecule has 6 aromatic rings.